The zero-order valence-corrected chi connectivity index (χ0v) is 20.4. The fourth-order valence-electron chi connectivity index (χ4n) is 3.77. The molecule has 3 rings (SSSR count). The highest BCUT2D eigenvalue weighted by Crippen LogP contribution is 2.27. The molecular weight excluding hydrogens is 448 g/mol. The van der Waals surface area contributed by atoms with E-state index >= 15 is 0 Å². The molecule has 2 aromatic carbocycles. The minimum atomic E-state index is -3.71. The Hall–Kier alpha value is -1.97. The first kappa shape index (κ1) is 24.7. The van der Waals surface area contributed by atoms with Gasteiger partial charge in [0.05, 0.1) is 11.1 Å². The quantitative estimate of drug-likeness (QED) is 0.662. The lowest BCUT2D eigenvalue weighted by Crippen LogP contribution is -2.43. The van der Waals surface area contributed by atoms with E-state index in [0.717, 1.165) is 43.4 Å². The lowest BCUT2D eigenvalue weighted by Gasteiger charge is -2.27. The van der Waals surface area contributed by atoms with E-state index in [1.54, 1.807) is 6.07 Å². The Morgan fingerprint density at radius 2 is 1.81 bits per heavy atom. The Labute approximate surface area is 196 Å². The highest BCUT2D eigenvalue weighted by Gasteiger charge is 2.25. The van der Waals surface area contributed by atoms with Gasteiger partial charge in [-0.3, -0.25) is 14.6 Å². The summed E-state index contributed by atoms with van der Waals surface area (Å²) in [4.78, 5) is 17.5. The lowest BCUT2D eigenvalue weighted by atomic mass is 10.2. The number of carbonyl (C=O) groups excluding carboxylic acids is 1. The maximum atomic E-state index is 12.9. The average molecular weight is 479 g/mol. The van der Waals surface area contributed by atoms with Gasteiger partial charge in [-0.2, -0.15) is 0 Å². The fraction of sp³-hybridized carbons (Fsp3) is 0.435. The number of benzene rings is 2. The van der Waals surface area contributed by atoms with Gasteiger partial charge in [0, 0.05) is 46.0 Å². The van der Waals surface area contributed by atoms with E-state index in [2.05, 4.69) is 39.4 Å². The molecule has 1 saturated heterocycles. The Bertz CT molecular complexity index is 1030. The van der Waals surface area contributed by atoms with Crippen molar-refractivity contribution in [3.05, 3.63) is 59.1 Å². The minimum absolute atomic E-state index is 0.0269. The van der Waals surface area contributed by atoms with E-state index in [1.165, 1.54) is 31.8 Å². The number of amides is 1. The lowest BCUT2D eigenvalue weighted by molar-refractivity contribution is -0.120. The Morgan fingerprint density at radius 1 is 1.09 bits per heavy atom. The van der Waals surface area contributed by atoms with Crippen molar-refractivity contribution in [1.82, 2.24) is 14.1 Å². The number of sulfonamides is 1. The van der Waals surface area contributed by atoms with E-state index in [9.17, 15) is 13.2 Å². The van der Waals surface area contributed by atoms with Crippen LogP contribution in [-0.4, -0.2) is 74.7 Å². The summed E-state index contributed by atoms with van der Waals surface area (Å²) in [5, 5.41) is 2.97. The third-order valence-corrected chi connectivity index (χ3v) is 8.05. The van der Waals surface area contributed by atoms with Crippen LogP contribution >= 0.6 is 11.6 Å². The molecule has 0 saturated carbocycles. The summed E-state index contributed by atoms with van der Waals surface area (Å²) in [5.41, 5.74) is 1.70. The highest BCUT2D eigenvalue weighted by atomic mass is 35.5. The van der Waals surface area contributed by atoms with Crippen LogP contribution in [-0.2, 0) is 21.4 Å². The van der Waals surface area contributed by atoms with Crippen LogP contribution in [0.1, 0.15) is 18.9 Å². The van der Waals surface area contributed by atoms with Crippen molar-refractivity contribution in [3.63, 3.8) is 0 Å². The molecule has 0 aliphatic carbocycles. The molecule has 1 amide bonds. The van der Waals surface area contributed by atoms with E-state index in [4.69, 9.17) is 11.6 Å². The number of rotatable bonds is 7. The molecule has 1 N–H and O–H groups in total. The Morgan fingerprint density at radius 3 is 2.50 bits per heavy atom. The monoisotopic (exact) mass is 478 g/mol. The van der Waals surface area contributed by atoms with Gasteiger partial charge < -0.3 is 5.32 Å². The molecule has 1 fully saturated rings. The number of nitrogens with one attached hydrogen (secondary N) is 1. The molecule has 0 aromatic heterocycles. The predicted octanol–water partition coefficient (Wildman–Crippen LogP) is 3.13. The molecule has 1 heterocycles. The van der Waals surface area contributed by atoms with Crippen LogP contribution in [0.25, 0.3) is 0 Å². The smallest absolute Gasteiger partial charge is 0.244 e. The van der Waals surface area contributed by atoms with E-state index in [0.29, 0.717) is 5.69 Å². The van der Waals surface area contributed by atoms with Crippen LogP contribution < -0.4 is 5.32 Å². The Kier molecular flexibility index (Phi) is 8.30. The van der Waals surface area contributed by atoms with Gasteiger partial charge in [0.1, 0.15) is 4.90 Å². The second-order valence-corrected chi connectivity index (χ2v) is 10.8. The van der Waals surface area contributed by atoms with Gasteiger partial charge in [-0.25, -0.2) is 12.7 Å². The molecule has 1 unspecified atom stereocenters. The van der Waals surface area contributed by atoms with Crippen molar-refractivity contribution in [2.24, 2.45) is 0 Å². The van der Waals surface area contributed by atoms with Gasteiger partial charge in [-0.05, 0) is 43.7 Å². The summed E-state index contributed by atoms with van der Waals surface area (Å²) in [5.74, 6) is -0.169. The molecule has 174 valence electrons. The van der Waals surface area contributed by atoms with Crippen molar-refractivity contribution in [2.75, 3.05) is 45.6 Å². The molecule has 32 heavy (non-hydrogen) atoms. The first-order valence-corrected chi connectivity index (χ1v) is 12.5. The normalized spacial score (nSPS) is 17.2. The van der Waals surface area contributed by atoms with Crippen molar-refractivity contribution >= 4 is 33.2 Å². The molecule has 7 nitrogen and oxygen atoms in total. The van der Waals surface area contributed by atoms with Gasteiger partial charge in [0.15, 0.2) is 0 Å². The molecule has 0 spiro atoms. The average Bonchev–Trinajstić information content (AvgIpc) is 3.00. The van der Waals surface area contributed by atoms with E-state index in [-0.39, 0.29) is 21.9 Å². The summed E-state index contributed by atoms with van der Waals surface area (Å²) >= 11 is 6.10. The Balaban J connectivity index is 1.62. The van der Waals surface area contributed by atoms with Crippen molar-refractivity contribution < 1.29 is 13.2 Å². The van der Waals surface area contributed by atoms with Crippen molar-refractivity contribution in [2.45, 2.75) is 30.8 Å². The fourth-order valence-corrected chi connectivity index (χ4v) is 5.16. The van der Waals surface area contributed by atoms with E-state index < -0.39 is 10.0 Å². The summed E-state index contributed by atoms with van der Waals surface area (Å²) in [6, 6.07) is 14.6. The number of halogens is 1. The van der Waals surface area contributed by atoms with Crippen molar-refractivity contribution in [1.29, 1.82) is 0 Å². The van der Waals surface area contributed by atoms with E-state index in [1.807, 2.05) is 13.0 Å². The topological polar surface area (TPSA) is 73.0 Å². The summed E-state index contributed by atoms with van der Waals surface area (Å²) in [6.45, 7) is 6.29. The number of carbonyl (C=O) groups is 1. The van der Waals surface area contributed by atoms with Crippen LogP contribution in [0.3, 0.4) is 0 Å². The first-order valence-electron chi connectivity index (χ1n) is 10.7. The van der Waals surface area contributed by atoms with Gasteiger partial charge in [-0.1, -0.05) is 41.9 Å². The zero-order valence-electron chi connectivity index (χ0n) is 18.8. The standard InChI is InChI=1S/C23H31ClN4O3S/c1-18(28-13-7-12-27(14-15-28)17-19-8-5-4-6-9-19)23(29)25-20-10-11-21(24)22(16-20)32(30,31)26(2)3/h4-6,8-11,16,18H,7,12-15,17H2,1-3H3,(H,25,29). The van der Waals surface area contributed by atoms with Gasteiger partial charge in [0.2, 0.25) is 15.9 Å². The predicted molar refractivity (Wildman–Crippen MR) is 128 cm³/mol. The second kappa shape index (κ2) is 10.8. The number of hydrogen-bond donors (Lipinski definition) is 1. The largest absolute Gasteiger partial charge is 0.325 e. The van der Waals surface area contributed by atoms with Crippen LogP contribution in [0.4, 0.5) is 5.69 Å². The highest BCUT2D eigenvalue weighted by molar-refractivity contribution is 7.89. The van der Waals surface area contributed by atoms with Crippen molar-refractivity contribution in [3.8, 4) is 0 Å². The third kappa shape index (κ3) is 6.08. The van der Waals surface area contributed by atoms with Crippen LogP contribution in [0, 0.1) is 0 Å². The second-order valence-electron chi connectivity index (χ2n) is 8.25. The number of nitrogens with zero attached hydrogens (tertiary/aromatic N) is 3. The number of hydrogen-bond acceptors (Lipinski definition) is 5. The molecule has 9 heteroatoms. The van der Waals surface area contributed by atoms with Gasteiger partial charge >= 0.3 is 0 Å². The van der Waals surface area contributed by atoms with Gasteiger partial charge in [0.25, 0.3) is 0 Å². The molecule has 2 aromatic rings. The molecule has 1 aliphatic rings. The van der Waals surface area contributed by atoms with Crippen LogP contribution in [0.15, 0.2) is 53.4 Å². The van der Waals surface area contributed by atoms with Crippen LogP contribution in [0.5, 0.6) is 0 Å². The first-order chi connectivity index (χ1) is 15.2. The maximum absolute atomic E-state index is 12.9. The third-order valence-electron chi connectivity index (χ3n) is 5.76. The van der Waals surface area contributed by atoms with Crippen LogP contribution in [0.2, 0.25) is 5.02 Å². The summed E-state index contributed by atoms with van der Waals surface area (Å²) < 4.78 is 26.1. The molecule has 0 bridgehead atoms. The summed E-state index contributed by atoms with van der Waals surface area (Å²) in [6.07, 6.45) is 0.983. The molecule has 0 radical (unpaired) electrons. The molecule has 1 atom stereocenters. The molecule has 1 aliphatic heterocycles. The minimum Gasteiger partial charge on any atom is -0.325 e. The number of anilines is 1. The summed E-state index contributed by atoms with van der Waals surface area (Å²) in [7, 11) is -0.822. The SMILES string of the molecule is CC(C(=O)Nc1ccc(Cl)c(S(=O)(=O)N(C)C)c1)N1CCCN(Cc2ccccc2)CC1. The van der Waals surface area contributed by atoms with Gasteiger partial charge in [-0.15, -0.1) is 0 Å². The zero-order chi connectivity index (χ0) is 23.3. The maximum Gasteiger partial charge on any atom is 0.244 e. The molecular formula is C23H31ClN4O3S.